The number of rotatable bonds is 8. The van der Waals surface area contributed by atoms with E-state index >= 15 is 0 Å². The van der Waals surface area contributed by atoms with Gasteiger partial charge in [0.1, 0.15) is 0 Å². The van der Waals surface area contributed by atoms with Crippen molar-refractivity contribution in [1.29, 1.82) is 0 Å². The summed E-state index contributed by atoms with van der Waals surface area (Å²) in [6.45, 7) is 4.53. The summed E-state index contributed by atoms with van der Waals surface area (Å²) in [5, 5.41) is 3.73. The minimum atomic E-state index is 0.705. The molecule has 1 aromatic carbocycles. The van der Waals surface area contributed by atoms with Crippen LogP contribution < -0.4 is 5.32 Å². The maximum atomic E-state index is 3.73. The molecule has 0 amide bonds. The molecule has 100 valence electrons. The summed E-state index contributed by atoms with van der Waals surface area (Å²) in [5.74, 6) is 0.935. The van der Waals surface area contributed by atoms with Crippen LogP contribution in [0.4, 0.5) is 5.69 Å². The number of hydrogen-bond acceptors (Lipinski definition) is 1. The van der Waals surface area contributed by atoms with Gasteiger partial charge >= 0.3 is 0 Å². The standard InChI is InChI=1S/C17H27N/c1-3-5-7-14-8-12-16(13-9-14)18-17(6-4-2)15-10-11-15/h8-9,12-13,15,17-18H,3-7,10-11H2,1-2H3. The van der Waals surface area contributed by atoms with Gasteiger partial charge in [0.2, 0.25) is 0 Å². The molecular formula is C17H27N. The predicted octanol–water partition coefficient (Wildman–Crippen LogP) is 5.02. The van der Waals surface area contributed by atoms with Crippen molar-refractivity contribution in [2.75, 3.05) is 5.32 Å². The first-order chi connectivity index (χ1) is 8.83. The van der Waals surface area contributed by atoms with Gasteiger partial charge in [-0.3, -0.25) is 0 Å². The van der Waals surface area contributed by atoms with Gasteiger partial charge < -0.3 is 5.32 Å². The van der Waals surface area contributed by atoms with Crippen LogP contribution in [0, 0.1) is 5.92 Å². The van der Waals surface area contributed by atoms with Gasteiger partial charge in [0.15, 0.2) is 0 Å². The van der Waals surface area contributed by atoms with E-state index in [9.17, 15) is 0 Å². The molecule has 1 fully saturated rings. The third kappa shape index (κ3) is 4.04. The van der Waals surface area contributed by atoms with Crippen LogP contribution in [0.5, 0.6) is 0 Å². The van der Waals surface area contributed by atoms with E-state index in [1.807, 2.05) is 0 Å². The summed E-state index contributed by atoms with van der Waals surface area (Å²) >= 11 is 0. The van der Waals surface area contributed by atoms with Gasteiger partial charge in [0.05, 0.1) is 0 Å². The van der Waals surface area contributed by atoms with Crippen molar-refractivity contribution in [2.24, 2.45) is 5.92 Å². The van der Waals surface area contributed by atoms with Gasteiger partial charge in [-0.05, 0) is 55.7 Å². The van der Waals surface area contributed by atoms with Crippen LogP contribution in [0.3, 0.4) is 0 Å². The Labute approximate surface area is 112 Å². The highest BCUT2D eigenvalue weighted by Crippen LogP contribution is 2.36. The number of nitrogens with one attached hydrogen (secondary N) is 1. The van der Waals surface area contributed by atoms with E-state index in [0.29, 0.717) is 6.04 Å². The van der Waals surface area contributed by atoms with Crippen molar-refractivity contribution in [2.45, 2.75) is 64.8 Å². The van der Waals surface area contributed by atoms with Crippen molar-refractivity contribution >= 4 is 5.69 Å². The van der Waals surface area contributed by atoms with Crippen LogP contribution in [0.25, 0.3) is 0 Å². The summed E-state index contributed by atoms with van der Waals surface area (Å²) in [6.07, 6.45) is 9.23. The van der Waals surface area contributed by atoms with Gasteiger partial charge in [-0.15, -0.1) is 0 Å². The zero-order valence-corrected chi connectivity index (χ0v) is 11.9. The van der Waals surface area contributed by atoms with Gasteiger partial charge in [-0.25, -0.2) is 0 Å². The monoisotopic (exact) mass is 245 g/mol. The SMILES string of the molecule is CCCCc1ccc(NC(CCC)C2CC2)cc1. The first kappa shape index (κ1) is 13.5. The fourth-order valence-electron chi connectivity index (χ4n) is 2.60. The molecule has 0 heterocycles. The maximum Gasteiger partial charge on any atom is 0.0342 e. The molecule has 1 atom stereocenters. The van der Waals surface area contributed by atoms with Crippen molar-refractivity contribution in [3.63, 3.8) is 0 Å². The molecule has 1 unspecified atom stereocenters. The van der Waals surface area contributed by atoms with Crippen molar-refractivity contribution in [3.8, 4) is 0 Å². The van der Waals surface area contributed by atoms with E-state index in [1.165, 1.54) is 56.2 Å². The molecule has 1 nitrogen and oxygen atoms in total. The van der Waals surface area contributed by atoms with Crippen LogP contribution in [0.1, 0.15) is 57.9 Å². The molecule has 1 aliphatic carbocycles. The van der Waals surface area contributed by atoms with Crippen molar-refractivity contribution in [3.05, 3.63) is 29.8 Å². The molecular weight excluding hydrogens is 218 g/mol. The second-order valence-corrected chi connectivity index (χ2v) is 5.68. The Hall–Kier alpha value is -0.980. The second-order valence-electron chi connectivity index (χ2n) is 5.68. The fraction of sp³-hybridized carbons (Fsp3) is 0.647. The molecule has 18 heavy (non-hydrogen) atoms. The summed E-state index contributed by atoms with van der Waals surface area (Å²) in [7, 11) is 0. The molecule has 2 rings (SSSR count). The minimum absolute atomic E-state index is 0.705. The van der Waals surface area contributed by atoms with Gasteiger partial charge in [-0.1, -0.05) is 38.8 Å². The Balaban J connectivity index is 1.87. The maximum absolute atomic E-state index is 3.73. The lowest BCUT2D eigenvalue weighted by Crippen LogP contribution is -2.21. The minimum Gasteiger partial charge on any atom is -0.382 e. The van der Waals surface area contributed by atoms with Crippen LogP contribution in [-0.2, 0) is 6.42 Å². The van der Waals surface area contributed by atoms with Crippen LogP contribution in [0.2, 0.25) is 0 Å². The van der Waals surface area contributed by atoms with Gasteiger partial charge in [0.25, 0.3) is 0 Å². The lowest BCUT2D eigenvalue weighted by molar-refractivity contribution is 0.578. The van der Waals surface area contributed by atoms with Crippen molar-refractivity contribution < 1.29 is 0 Å². The smallest absolute Gasteiger partial charge is 0.0342 e. The summed E-state index contributed by atoms with van der Waals surface area (Å²) in [5.41, 5.74) is 2.78. The van der Waals surface area contributed by atoms with Crippen LogP contribution in [0.15, 0.2) is 24.3 Å². The van der Waals surface area contributed by atoms with E-state index in [-0.39, 0.29) is 0 Å². The number of hydrogen-bond donors (Lipinski definition) is 1. The summed E-state index contributed by atoms with van der Waals surface area (Å²) in [6, 6.07) is 9.80. The summed E-state index contributed by atoms with van der Waals surface area (Å²) in [4.78, 5) is 0. The molecule has 0 bridgehead atoms. The molecule has 0 spiro atoms. The lowest BCUT2D eigenvalue weighted by Gasteiger charge is -2.19. The van der Waals surface area contributed by atoms with Crippen LogP contribution >= 0.6 is 0 Å². The van der Waals surface area contributed by atoms with E-state index in [2.05, 4.69) is 43.4 Å². The quantitative estimate of drug-likeness (QED) is 0.678. The van der Waals surface area contributed by atoms with E-state index in [0.717, 1.165) is 5.92 Å². The third-order valence-corrected chi connectivity index (χ3v) is 3.92. The highest BCUT2D eigenvalue weighted by atomic mass is 14.9. The summed E-state index contributed by atoms with van der Waals surface area (Å²) < 4.78 is 0. The predicted molar refractivity (Wildman–Crippen MR) is 80.1 cm³/mol. The Morgan fingerprint density at radius 1 is 1.11 bits per heavy atom. The van der Waals surface area contributed by atoms with E-state index in [4.69, 9.17) is 0 Å². The number of aryl methyl sites for hydroxylation is 1. The van der Waals surface area contributed by atoms with E-state index in [1.54, 1.807) is 0 Å². The molecule has 0 aromatic heterocycles. The highest BCUT2D eigenvalue weighted by molar-refractivity contribution is 5.45. The zero-order chi connectivity index (χ0) is 12.8. The second kappa shape index (κ2) is 6.82. The highest BCUT2D eigenvalue weighted by Gasteiger charge is 2.30. The zero-order valence-electron chi connectivity index (χ0n) is 11.9. The van der Waals surface area contributed by atoms with Crippen LogP contribution in [-0.4, -0.2) is 6.04 Å². The Morgan fingerprint density at radius 2 is 1.83 bits per heavy atom. The Kier molecular flexibility index (Phi) is 5.10. The first-order valence-corrected chi connectivity index (χ1v) is 7.69. The number of anilines is 1. The van der Waals surface area contributed by atoms with E-state index < -0.39 is 0 Å². The fourth-order valence-corrected chi connectivity index (χ4v) is 2.60. The van der Waals surface area contributed by atoms with Gasteiger partial charge in [0, 0.05) is 11.7 Å². The molecule has 1 heteroatoms. The first-order valence-electron chi connectivity index (χ1n) is 7.69. The Morgan fingerprint density at radius 3 is 2.39 bits per heavy atom. The Bertz CT molecular complexity index is 337. The molecule has 1 aromatic rings. The normalized spacial score (nSPS) is 16.6. The molecule has 1 N–H and O–H groups in total. The average Bonchev–Trinajstić information content (AvgIpc) is 3.22. The average molecular weight is 245 g/mol. The molecule has 0 radical (unpaired) electrons. The topological polar surface area (TPSA) is 12.0 Å². The molecule has 0 aliphatic heterocycles. The largest absolute Gasteiger partial charge is 0.382 e. The van der Waals surface area contributed by atoms with Crippen molar-refractivity contribution in [1.82, 2.24) is 0 Å². The molecule has 1 aliphatic rings. The van der Waals surface area contributed by atoms with Gasteiger partial charge in [-0.2, -0.15) is 0 Å². The molecule has 1 saturated carbocycles. The lowest BCUT2D eigenvalue weighted by atomic mass is 10.1. The third-order valence-electron chi connectivity index (χ3n) is 3.92. The number of benzene rings is 1. The number of unbranched alkanes of at least 4 members (excludes halogenated alkanes) is 1. The molecule has 0 saturated heterocycles.